The van der Waals surface area contributed by atoms with Gasteiger partial charge in [-0.25, -0.2) is 9.59 Å². The molecular weight excluding hydrogens is 256 g/mol. The number of hydrogen-bond acceptors (Lipinski definition) is 2. The van der Waals surface area contributed by atoms with E-state index in [-0.39, 0.29) is 5.48 Å². The summed E-state index contributed by atoms with van der Waals surface area (Å²) in [6.07, 6.45) is 3.71. The molecule has 1 aliphatic carbocycles. The molecule has 0 aromatic rings. The average Bonchev–Trinajstić information content (AvgIpc) is 2.16. The van der Waals surface area contributed by atoms with E-state index in [1.807, 2.05) is 0 Å². The number of rotatable bonds is 0. The predicted octanol–water partition coefficient (Wildman–Crippen LogP) is 3.23. The van der Waals surface area contributed by atoms with Crippen LogP contribution in [0.1, 0.15) is 52.9 Å². The van der Waals surface area contributed by atoms with Crippen LogP contribution in [0.25, 0.3) is 0 Å². The normalized spacial score (nSPS) is 14.7. The van der Waals surface area contributed by atoms with Crippen molar-refractivity contribution >= 4 is 12.3 Å². The van der Waals surface area contributed by atoms with Crippen molar-refractivity contribution in [3.63, 3.8) is 0 Å². The molecule has 1 fully saturated rings. The van der Waals surface area contributed by atoms with Crippen LogP contribution in [-0.4, -0.2) is 38.2 Å². The summed E-state index contributed by atoms with van der Waals surface area (Å²) >= 11 is 0. The van der Waals surface area contributed by atoms with Gasteiger partial charge in [-0.2, -0.15) is 0 Å². The highest BCUT2D eigenvalue weighted by molar-refractivity contribution is 5.53. The van der Waals surface area contributed by atoms with Crippen LogP contribution in [0.15, 0.2) is 0 Å². The van der Waals surface area contributed by atoms with Crippen molar-refractivity contribution in [3.8, 4) is 0 Å². The zero-order chi connectivity index (χ0) is 14.8. The van der Waals surface area contributed by atoms with Gasteiger partial charge < -0.3 is 25.9 Å². The minimum atomic E-state index is -1.83. The van der Waals surface area contributed by atoms with E-state index in [1.165, 1.54) is 32.1 Å². The van der Waals surface area contributed by atoms with Gasteiger partial charge in [-0.05, 0) is 24.2 Å². The maximum atomic E-state index is 8.56. The molecule has 0 unspecified atom stereocenters. The molecular formula is C12H26O7. The van der Waals surface area contributed by atoms with Crippen molar-refractivity contribution in [2.45, 2.75) is 52.9 Å². The molecule has 1 rings (SSSR count). The van der Waals surface area contributed by atoms with E-state index in [9.17, 15) is 0 Å². The Bertz CT molecular complexity index is 219. The predicted molar refractivity (Wildman–Crippen MR) is 71.0 cm³/mol. The summed E-state index contributed by atoms with van der Waals surface area (Å²) in [5.74, 6) is 1.00. The van der Waals surface area contributed by atoms with E-state index in [0.29, 0.717) is 5.41 Å². The summed E-state index contributed by atoms with van der Waals surface area (Å²) in [5, 5.41) is 27.9. The quantitative estimate of drug-likeness (QED) is 0.536. The molecule has 1 aliphatic rings. The fourth-order valence-electron chi connectivity index (χ4n) is 1.97. The third-order valence-electron chi connectivity index (χ3n) is 2.83. The lowest BCUT2D eigenvalue weighted by Crippen LogP contribution is -2.22. The zero-order valence-electron chi connectivity index (χ0n) is 11.7. The van der Waals surface area contributed by atoms with Crippen LogP contribution in [-0.2, 0) is 0 Å². The zero-order valence-corrected chi connectivity index (χ0v) is 11.7. The Morgan fingerprint density at radius 3 is 1.26 bits per heavy atom. The van der Waals surface area contributed by atoms with Gasteiger partial charge in [0, 0.05) is 0 Å². The molecule has 0 radical (unpaired) electrons. The standard InChI is InChI=1S/C10H20.2CH2O3.H2O/c1-10(2,3)9-7-5-4-6-8-9;2*2-1(3)4;/h9H,4-8H2,1-3H3;2*(H2,2,3,4);1H2. The van der Waals surface area contributed by atoms with Gasteiger partial charge >= 0.3 is 12.3 Å². The van der Waals surface area contributed by atoms with Crippen LogP contribution < -0.4 is 0 Å². The lowest BCUT2D eigenvalue weighted by atomic mass is 9.72. The molecule has 0 amide bonds. The molecule has 6 N–H and O–H groups in total. The third kappa shape index (κ3) is 22.2. The molecule has 116 valence electrons. The van der Waals surface area contributed by atoms with E-state index in [0.717, 1.165) is 5.92 Å². The Balaban J connectivity index is -0.000000242. The Morgan fingerprint density at radius 2 is 1.11 bits per heavy atom. The van der Waals surface area contributed by atoms with Crippen molar-refractivity contribution in [2.75, 3.05) is 0 Å². The van der Waals surface area contributed by atoms with Gasteiger partial charge in [-0.15, -0.1) is 0 Å². The smallest absolute Gasteiger partial charge is 0.450 e. The Kier molecular flexibility index (Phi) is 13.8. The van der Waals surface area contributed by atoms with Crippen molar-refractivity contribution < 1.29 is 35.5 Å². The molecule has 0 bridgehead atoms. The van der Waals surface area contributed by atoms with E-state index in [2.05, 4.69) is 20.8 Å². The number of carbonyl (C=O) groups is 2. The lowest BCUT2D eigenvalue weighted by Gasteiger charge is -2.33. The summed E-state index contributed by atoms with van der Waals surface area (Å²) in [5.41, 5.74) is 0.570. The monoisotopic (exact) mass is 282 g/mol. The van der Waals surface area contributed by atoms with Crippen LogP contribution in [0, 0.1) is 11.3 Å². The third-order valence-corrected chi connectivity index (χ3v) is 2.83. The van der Waals surface area contributed by atoms with Crippen LogP contribution in [0.4, 0.5) is 9.59 Å². The second-order valence-corrected chi connectivity index (χ2v) is 5.27. The van der Waals surface area contributed by atoms with Gasteiger partial charge in [-0.1, -0.05) is 40.0 Å². The van der Waals surface area contributed by atoms with Gasteiger partial charge in [0.15, 0.2) is 0 Å². The summed E-state index contributed by atoms with van der Waals surface area (Å²) in [6, 6.07) is 0. The van der Waals surface area contributed by atoms with E-state index >= 15 is 0 Å². The number of hydrogen-bond donors (Lipinski definition) is 4. The second-order valence-electron chi connectivity index (χ2n) is 5.27. The van der Waals surface area contributed by atoms with E-state index < -0.39 is 12.3 Å². The molecule has 7 heteroatoms. The fraction of sp³-hybridized carbons (Fsp3) is 0.833. The molecule has 0 heterocycles. The Labute approximate surface area is 113 Å². The molecule has 0 aromatic carbocycles. The topological polar surface area (TPSA) is 147 Å². The van der Waals surface area contributed by atoms with Gasteiger partial charge in [0.25, 0.3) is 0 Å². The maximum absolute atomic E-state index is 8.56. The first-order valence-corrected chi connectivity index (χ1v) is 5.91. The first-order chi connectivity index (χ1) is 8.07. The number of carboxylic acid groups (broad SMARTS) is 4. The largest absolute Gasteiger partial charge is 0.503 e. The van der Waals surface area contributed by atoms with Crippen molar-refractivity contribution in [1.29, 1.82) is 0 Å². The minimum Gasteiger partial charge on any atom is -0.450 e. The van der Waals surface area contributed by atoms with Crippen LogP contribution in [0.2, 0.25) is 0 Å². The van der Waals surface area contributed by atoms with E-state index in [4.69, 9.17) is 30.0 Å². The highest BCUT2D eigenvalue weighted by Crippen LogP contribution is 2.37. The van der Waals surface area contributed by atoms with Crippen molar-refractivity contribution in [1.82, 2.24) is 0 Å². The van der Waals surface area contributed by atoms with Gasteiger partial charge in [0.2, 0.25) is 0 Å². The SMILES string of the molecule is CC(C)(C)C1CCCCC1.O.O=C(O)O.O=C(O)O. The lowest BCUT2D eigenvalue weighted by molar-refractivity contribution is 0.135. The Hall–Kier alpha value is -1.50. The Morgan fingerprint density at radius 1 is 0.842 bits per heavy atom. The summed E-state index contributed by atoms with van der Waals surface area (Å²) in [7, 11) is 0. The average molecular weight is 282 g/mol. The molecule has 0 aliphatic heterocycles. The molecule has 0 spiro atoms. The molecule has 7 nitrogen and oxygen atoms in total. The highest BCUT2D eigenvalue weighted by Gasteiger charge is 2.25. The summed E-state index contributed by atoms with van der Waals surface area (Å²) in [4.78, 5) is 17.1. The van der Waals surface area contributed by atoms with Gasteiger partial charge in [-0.3, -0.25) is 0 Å². The molecule has 19 heavy (non-hydrogen) atoms. The summed E-state index contributed by atoms with van der Waals surface area (Å²) in [6.45, 7) is 7.13. The first-order valence-electron chi connectivity index (χ1n) is 5.91. The van der Waals surface area contributed by atoms with Crippen LogP contribution >= 0.6 is 0 Å². The molecule has 1 saturated carbocycles. The van der Waals surface area contributed by atoms with Crippen molar-refractivity contribution in [2.24, 2.45) is 11.3 Å². The summed E-state index contributed by atoms with van der Waals surface area (Å²) < 4.78 is 0. The van der Waals surface area contributed by atoms with Gasteiger partial charge in [0.05, 0.1) is 0 Å². The first kappa shape index (κ1) is 22.7. The van der Waals surface area contributed by atoms with Crippen molar-refractivity contribution in [3.05, 3.63) is 0 Å². The van der Waals surface area contributed by atoms with Crippen LogP contribution in [0.3, 0.4) is 0 Å². The highest BCUT2D eigenvalue weighted by atomic mass is 16.6. The fourth-order valence-corrected chi connectivity index (χ4v) is 1.97. The second kappa shape index (κ2) is 11.6. The van der Waals surface area contributed by atoms with Crippen LogP contribution in [0.5, 0.6) is 0 Å². The molecule has 0 saturated heterocycles. The van der Waals surface area contributed by atoms with Gasteiger partial charge in [0.1, 0.15) is 0 Å². The minimum absolute atomic E-state index is 0. The molecule has 0 atom stereocenters. The van der Waals surface area contributed by atoms with E-state index in [1.54, 1.807) is 0 Å². The molecule has 0 aromatic heterocycles. The maximum Gasteiger partial charge on any atom is 0.503 e.